The van der Waals surface area contributed by atoms with E-state index in [2.05, 4.69) is 40.6 Å². The van der Waals surface area contributed by atoms with E-state index in [9.17, 15) is 9.59 Å². The number of hydrogen-bond donors (Lipinski definition) is 2. The Morgan fingerprint density at radius 1 is 1.14 bits per heavy atom. The third-order valence-electron chi connectivity index (χ3n) is 5.67. The second-order valence-corrected chi connectivity index (χ2v) is 7.90. The van der Waals surface area contributed by atoms with Crippen LogP contribution in [0.3, 0.4) is 0 Å². The van der Waals surface area contributed by atoms with Crippen LogP contribution in [-0.2, 0) is 22.6 Å². The predicted octanol–water partition coefficient (Wildman–Crippen LogP) is 3.57. The molecule has 150 valence electrons. The van der Waals surface area contributed by atoms with E-state index in [4.69, 9.17) is 0 Å². The Morgan fingerprint density at radius 3 is 2.79 bits per heavy atom. The molecule has 0 aliphatic carbocycles. The Morgan fingerprint density at radius 2 is 1.97 bits per heavy atom. The zero-order valence-electron chi connectivity index (χ0n) is 16.8. The molecule has 0 radical (unpaired) electrons. The number of aromatic nitrogens is 1. The number of nitrogens with one attached hydrogen (secondary N) is 2. The van der Waals surface area contributed by atoms with Gasteiger partial charge in [0.1, 0.15) is 0 Å². The number of carbonyl (C=O) groups excluding carboxylic acids is 2. The minimum Gasteiger partial charge on any atom is -0.359 e. The van der Waals surface area contributed by atoms with Crippen molar-refractivity contribution in [2.45, 2.75) is 32.7 Å². The number of likely N-dealkylation sites (tertiary alicyclic amines) is 1. The molecule has 2 amide bonds. The average molecular weight is 389 g/mol. The summed E-state index contributed by atoms with van der Waals surface area (Å²) in [5.41, 5.74) is 4.53. The van der Waals surface area contributed by atoms with Gasteiger partial charge in [0.05, 0.1) is 5.92 Å². The standard InChI is InChI=1S/C24H27N3O2/c1-17-13-21-14-19(7-9-22(21)26-17)15-25-24(29)20-8-10-23(28)27(16-20)12-11-18-5-3-2-4-6-18/h2-7,9,13-14,20,26H,8,10-12,15-16H2,1H3,(H,25,29)/t20-/m1/s1. The maximum Gasteiger partial charge on any atom is 0.225 e. The van der Waals surface area contributed by atoms with Gasteiger partial charge in [-0.25, -0.2) is 0 Å². The van der Waals surface area contributed by atoms with Gasteiger partial charge in [0, 0.05) is 37.3 Å². The Hall–Kier alpha value is -3.08. The number of hydrogen-bond acceptors (Lipinski definition) is 2. The first-order valence-electron chi connectivity index (χ1n) is 10.3. The monoisotopic (exact) mass is 389 g/mol. The van der Waals surface area contributed by atoms with Crippen LogP contribution in [0.15, 0.2) is 54.6 Å². The van der Waals surface area contributed by atoms with Gasteiger partial charge in [0.2, 0.25) is 11.8 Å². The SMILES string of the molecule is Cc1cc2cc(CNC(=O)[C@@H]3CCC(=O)N(CCc4ccccc4)C3)ccc2[nH]1. The molecule has 29 heavy (non-hydrogen) atoms. The van der Waals surface area contributed by atoms with Crippen LogP contribution in [0.2, 0.25) is 0 Å². The Balaban J connectivity index is 1.32. The van der Waals surface area contributed by atoms with Crippen molar-refractivity contribution in [2.75, 3.05) is 13.1 Å². The molecule has 1 fully saturated rings. The van der Waals surface area contributed by atoms with Gasteiger partial charge in [0.15, 0.2) is 0 Å². The molecule has 1 aliphatic heterocycles. The smallest absolute Gasteiger partial charge is 0.225 e. The van der Waals surface area contributed by atoms with Crippen LogP contribution < -0.4 is 5.32 Å². The third kappa shape index (κ3) is 4.67. The summed E-state index contributed by atoms with van der Waals surface area (Å²) in [6.45, 7) is 3.71. The molecule has 1 aromatic heterocycles. The fourth-order valence-corrected chi connectivity index (χ4v) is 4.02. The molecule has 1 atom stereocenters. The van der Waals surface area contributed by atoms with E-state index in [0.717, 1.165) is 28.6 Å². The van der Waals surface area contributed by atoms with Crippen molar-refractivity contribution < 1.29 is 9.59 Å². The van der Waals surface area contributed by atoms with E-state index < -0.39 is 0 Å². The van der Waals surface area contributed by atoms with E-state index in [-0.39, 0.29) is 17.7 Å². The summed E-state index contributed by atoms with van der Waals surface area (Å²) in [5, 5.41) is 4.22. The summed E-state index contributed by atoms with van der Waals surface area (Å²) < 4.78 is 0. The minimum atomic E-state index is -0.137. The number of aryl methyl sites for hydroxylation is 1. The molecule has 2 N–H and O–H groups in total. The lowest BCUT2D eigenvalue weighted by Crippen LogP contribution is -2.46. The zero-order chi connectivity index (χ0) is 20.2. The van der Waals surface area contributed by atoms with Crippen molar-refractivity contribution in [3.05, 3.63) is 71.4 Å². The number of fused-ring (bicyclic) bond motifs is 1. The molecule has 0 saturated carbocycles. The topological polar surface area (TPSA) is 65.2 Å². The van der Waals surface area contributed by atoms with Gasteiger partial charge in [-0.05, 0) is 54.5 Å². The van der Waals surface area contributed by atoms with E-state index >= 15 is 0 Å². The molecule has 0 spiro atoms. The molecule has 3 aromatic rings. The highest BCUT2D eigenvalue weighted by Crippen LogP contribution is 2.20. The van der Waals surface area contributed by atoms with E-state index in [0.29, 0.717) is 32.5 Å². The molecule has 1 saturated heterocycles. The highest BCUT2D eigenvalue weighted by molar-refractivity contribution is 5.84. The summed E-state index contributed by atoms with van der Waals surface area (Å²) in [6, 6.07) is 18.5. The number of H-pyrrole nitrogens is 1. The number of piperidine rings is 1. The fraction of sp³-hybridized carbons (Fsp3) is 0.333. The first-order chi connectivity index (χ1) is 14.1. The third-order valence-corrected chi connectivity index (χ3v) is 5.67. The molecular formula is C24H27N3O2. The summed E-state index contributed by atoms with van der Waals surface area (Å²) in [7, 11) is 0. The van der Waals surface area contributed by atoms with Crippen LogP contribution in [-0.4, -0.2) is 34.8 Å². The second kappa shape index (κ2) is 8.52. The number of rotatable bonds is 6. The van der Waals surface area contributed by atoms with Crippen LogP contribution in [0.5, 0.6) is 0 Å². The molecule has 5 nitrogen and oxygen atoms in total. The lowest BCUT2D eigenvalue weighted by Gasteiger charge is -2.32. The lowest BCUT2D eigenvalue weighted by atomic mass is 9.96. The van der Waals surface area contributed by atoms with E-state index in [1.807, 2.05) is 36.1 Å². The van der Waals surface area contributed by atoms with Gasteiger partial charge < -0.3 is 15.2 Å². The number of carbonyl (C=O) groups is 2. The normalized spacial score (nSPS) is 16.9. The van der Waals surface area contributed by atoms with Crippen LogP contribution in [0, 0.1) is 12.8 Å². The fourth-order valence-electron chi connectivity index (χ4n) is 4.02. The van der Waals surface area contributed by atoms with Crippen LogP contribution in [0.4, 0.5) is 0 Å². The Labute approximate surface area is 171 Å². The van der Waals surface area contributed by atoms with Gasteiger partial charge in [-0.1, -0.05) is 36.4 Å². The Kier molecular flexibility index (Phi) is 5.65. The van der Waals surface area contributed by atoms with Gasteiger partial charge in [-0.2, -0.15) is 0 Å². The average Bonchev–Trinajstić information content (AvgIpc) is 3.11. The summed E-state index contributed by atoms with van der Waals surface area (Å²) in [6.07, 6.45) is 1.89. The van der Waals surface area contributed by atoms with Gasteiger partial charge in [-0.15, -0.1) is 0 Å². The highest BCUT2D eigenvalue weighted by Gasteiger charge is 2.29. The maximum atomic E-state index is 12.7. The van der Waals surface area contributed by atoms with Crippen molar-refractivity contribution in [3.8, 4) is 0 Å². The van der Waals surface area contributed by atoms with E-state index in [1.165, 1.54) is 5.56 Å². The van der Waals surface area contributed by atoms with Crippen molar-refractivity contribution in [3.63, 3.8) is 0 Å². The largest absolute Gasteiger partial charge is 0.359 e. The molecular weight excluding hydrogens is 362 g/mol. The predicted molar refractivity (Wildman–Crippen MR) is 114 cm³/mol. The molecule has 4 rings (SSSR count). The van der Waals surface area contributed by atoms with Crippen molar-refractivity contribution in [1.29, 1.82) is 0 Å². The first-order valence-corrected chi connectivity index (χ1v) is 10.3. The first kappa shape index (κ1) is 19.2. The highest BCUT2D eigenvalue weighted by atomic mass is 16.2. The molecule has 5 heteroatoms. The number of amides is 2. The van der Waals surface area contributed by atoms with Crippen LogP contribution in [0.25, 0.3) is 10.9 Å². The van der Waals surface area contributed by atoms with Crippen LogP contribution >= 0.6 is 0 Å². The minimum absolute atomic E-state index is 0.0348. The molecule has 0 bridgehead atoms. The summed E-state index contributed by atoms with van der Waals surface area (Å²) >= 11 is 0. The number of aromatic amines is 1. The molecule has 1 aliphatic rings. The van der Waals surface area contributed by atoms with Crippen molar-refractivity contribution in [2.24, 2.45) is 5.92 Å². The Bertz CT molecular complexity index is 1010. The van der Waals surface area contributed by atoms with Crippen molar-refractivity contribution in [1.82, 2.24) is 15.2 Å². The molecule has 0 unspecified atom stereocenters. The quantitative estimate of drug-likeness (QED) is 0.677. The van der Waals surface area contributed by atoms with Gasteiger partial charge in [-0.3, -0.25) is 9.59 Å². The lowest BCUT2D eigenvalue weighted by molar-refractivity contribution is -0.138. The summed E-state index contributed by atoms with van der Waals surface area (Å²) in [5.74, 6) is 0.0486. The molecule has 2 aromatic carbocycles. The maximum absolute atomic E-state index is 12.7. The van der Waals surface area contributed by atoms with Gasteiger partial charge >= 0.3 is 0 Å². The van der Waals surface area contributed by atoms with Crippen LogP contribution in [0.1, 0.15) is 29.7 Å². The zero-order valence-corrected chi connectivity index (χ0v) is 16.8. The van der Waals surface area contributed by atoms with E-state index in [1.54, 1.807) is 0 Å². The second-order valence-electron chi connectivity index (χ2n) is 7.90. The van der Waals surface area contributed by atoms with Crippen molar-refractivity contribution >= 4 is 22.7 Å². The molecule has 2 heterocycles. The van der Waals surface area contributed by atoms with Gasteiger partial charge in [0.25, 0.3) is 0 Å². The number of benzene rings is 2. The number of nitrogens with zero attached hydrogens (tertiary/aromatic N) is 1. The summed E-state index contributed by atoms with van der Waals surface area (Å²) in [4.78, 5) is 30.1.